The number of benzene rings is 2. The van der Waals surface area contributed by atoms with E-state index in [4.69, 9.17) is 15.9 Å². The quantitative estimate of drug-likeness (QED) is 0.618. The Morgan fingerprint density at radius 2 is 1.96 bits per heavy atom. The highest BCUT2D eigenvalue weighted by Gasteiger charge is 2.16. The van der Waals surface area contributed by atoms with Crippen LogP contribution >= 0.6 is 10.7 Å². The van der Waals surface area contributed by atoms with Crippen LogP contribution in [0.15, 0.2) is 42.5 Å². The number of ether oxygens (including phenoxy) is 1. The second-order valence-electron chi connectivity index (χ2n) is 5.20. The summed E-state index contributed by atoms with van der Waals surface area (Å²) in [6.45, 7) is 0. The van der Waals surface area contributed by atoms with E-state index in [2.05, 4.69) is 10.1 Å². The van der Waals surface area contributed by atoms with E-state index >= 15 is 0 Å². The molecule has 0 aliphatic rings. The number of esters is 1. The van der Waals surface area contributed by atoms with Crippen LogP contribution in [0.5, 0.6) is 0 Å². The molecule has 0 bridgehead atoms. The molecule has 0 spiro atoms. The fraction of sp³-hybridized carbons (Fsp3) is 0.118. The van der Waals surface area contributed by atoms with Crippen LogP contribution in [-0.4, -0.2) is 27.4 Å². The molecule has 0 radical (unpaired) electrons. The molecule has 0 unspecified atom stereocenters. The van der Waals surface area contributed by atoms with Gasteiger partial charge >= 0.3 is 5.97 Å². The number of hydrogen-bond acceptors (Lipinski definition) is 6. The number of nitrogens with one attached hydrogen (secondary N) is 1. The fourth-order valence-corrected chi connectivity index (χ4v) is 3.15. The van der Waals surface area contributed by atoms with E-state index in [1.807, 2.05) is 6.07 Å². The van der Waals surface area contributed by atoms with Crippen molar-refractivity contribution in [3.05, 3.63) is 64.7 Å². The third-order valence-corrected chi connectivity index (χ3v) is 4.34. The Hall–Kier alpha value is -2.89. The summed E-state index contributed by atoms with van der Waals surface area (Å²) in [4.78, 5) is 24.3. The molecule has 0 saturated heterocycles. The molecule has 0 heterocycles. The molecule has 0 aromatic heterocycles. The highest BCUT2D eigenvalue weighted by molar-refractivity contribution is 8.13. The third-order valence-electron chi connectivity index (χ3n) is 3.33. The Kier molecular flexibility index (Phi) is 5.97. The van der Waals surface area contributed by atoms with E-state index in [0.29, 0.717) is 5.56 Å². The van der Waals surface area contributed by atoms with Gasteiger partial charge in [0.05, 0.1) is 35.7 Å². The Bertz CT molecular complexity index is 1010. The molecule has 0 aliphatic carbocycles. The average Bonchev–Trinajstić information content (AvgIpc) is 2.60. The van der Waals surface area contributed by atoms with E-state index < -0.39 is 26.7 Å². The number of anilines is 1. The zero-order valence-corrected chi connectivity index (χ0v) is 15.1. The number of carbonyl (C=O) groups excluding carboxylic acids is 2. The zero-order valence-electron chi connectivity index (χ0n) is 13.5. The lowest BCUT2D eigenvalue weighted by atomic mass is 10.1. The van der Waals surface area contributed by atoms with Crippen molar-refractivity contribution in [1.82, 2.24) is 0 Å². The largest absolute Gasteiger partial charge is 0.465 e. The van der Waals surface area contributed by atoms with Gasteiger partial charge in [-0.05, 0) is 35.9 Å². The van der Waals surface area contributed by atoms with Crippen molar-refractivity contribution in [3.8, 4) is 6.07 Å². The normalized spacial score (nSPS) is 10.7. The molecule has 9 heteroatoms. The number of nitrogens with zero attached hydrogens (tertiary/aromatic N) is 1. The average molecular weight is 393 g/mol. The minimum Gasteiger partial charge on any atom is -0.465 e. The van der Waals surface area contributed by atoms with Gasteiger partial charge in [0.1, 0.15) is 0 Å². The number of hydrogen-bond donors (Lipinski definition) is 1. The maximum atomic E-state index is 12.4. The second kappa shape index (κ2) is 7.99. The monoisotopic (exact) mass is 392 g/mol. The number of rotatable bonds is 5. The van der Waals surface area contributed by atoms with Gasteiger partial charge in [0.2, 0.25) is 9.05 Å². The summed E-state index contributed by atoms with van der Waals surface area (Å²) in [6, 6.07) is 12.0. The summed E-state index contributed by atoms with van der Waals surface area (Å²) in [5, 5.41) is 11.5. The Balaban J connectivity index is 2.32. The van der Waals surface area contributed by atoms with Crippen LogP contribution < -0.4 is 5.32 Å². The van der Waals surface area contributed by atoms with Crippen molar-refractivity contribution in [2.45, 2.75) is 5.75 Å². The summed E-state index contributed by atoms with van der Waals surface area (Å²) in [5.41, 5.74) is 0.956. The highest BCUT2D eigenvalue weighted by Crippen LogP contribution is 2.20. The van der Waals surface area contributed by atoms with Crippen LogP contribution in [0, 0.1) is 11.3 Å². The van der Waals surface area contributed by atoms with Crippen LogP contribution in [0.2, 0.25) is 0 Å². The van der Waals surface area contributed by atoms with Crippen LogP contribution in [0.4, 0.5) is 5.69 Å². The van der Waals surface area contributed by atoms with E-state index in [1.54, 1.807) is 0 Å². The lowest BCUT2D eigenvalue weighted by Gasteiger charge is -2.11. The van der Waals surface area contributed by atoms with Crippen LogP contribution in [0.1, 0.15) is 31.8 Å². The van der Waals surface area contributed by atoms with Gasteiger partial charge in [-0.3, -0.25) is 4.79 Å². The van der Waals surface area contributed by atoms with Crippen molar-refractivity contribution >= 4 is 37.3 Å². The van der Waals surface area contributed by atoms with Gasteiger partial charge in [-0.15, -0.1) is 0 Å². The van der Waals surface area contributed by atoms with Gasteiger partial charge in [-0.2, -0.15) is 5.26 Å². The number of carbonyl (C=O) groups is 2. The summed E-state index contributed by atoms with van der Waals surface area (Å²) >= 11 is 0. The maximum absolute atomic E-state index is 12.4. The molecule has 0 aliphatic heterocycles. The zero-order chi connectivity index (χ0) is 19.3. The van der Waals surface area contributed by atoms with Crippen LogP contribution in [-0.2, 0) is 19.5 Å². The standard InChI is InChI=1S/C17H13ClN2O5S/c1-25-17(22)14-8-11(9-19)5-6-15(14)20-16(21)13-4-2-3-12(7-13)10-26(18,23)24/h2-8H,10H2,1H3,(H,20,21). The van der Waals surface area contributed by atoms with Gasteiger partial charge in [0, 0.05) is 16.2 Å². The Morgan fingerprint density at radius 1 is 1.23 bits per heavy atom. The highest BCUT2D eigenvalue weighted by atomic mass is 35.7. The number of methoxy groups -OCH3 is 1. The SMILES string of the molecule is COC(=O)c1cc(C#N)ccc1NC(=O)c1cccc(CS(=O)(=O)Cl)c1. The van der Waals surface area contributed by atoms with Gasteiger partial charge < -0.3 is 10.1 Å². The topological polar surface area (TPSA) is 113 Å². The molecular formula is C17H13ClN2O5S. The fourth-order valence-electron chi connectivity index (χ4n) is 2.20. The van der Waals surface area contributed by atoms with Gasteiger partial charge in [0.15, 0.2) is 0 Å². The molecule has 0 atom stereocenters. The smallest absolute Gasteiger partial charge is 0.340 e. The molecule has 2 aromatic rings. The summed E-state index contributed by atoms with van der Waals surface area (Å²) in [7, 11) is 2.65. The minimum atomic E-state index is -3.76. The Morgan fingerprint density at radius 3 is 2.58 bits per heavy atom. The molecule has 26 heavy (non-hydrogen) atoms. The van der Waals surface area contributed by atoms with Crippen LogP contribution in [0.25, 0.3) is 0 Å². The van der Waals surface area contributed by atoms with Crippen molar-refractivity contribution < 1.29 is 22.7 Å². The first kappa shape index (κ1) is 19.4. The molecule has 2 aromatic carbocycles. The molecule has 0 saturated carbocycles. The third kappa shape index (κ3) is 5.05. The minimum absolute atomic E-state index is 0.0272. The van der Waals surface area contributed by atoms with Gasteiger partial charge in [-0.1, -0.05) is 12.1 Å². The number of halogens is 1. The number of amides is 1. The number of nitriles is 1. The molecule has 1 amide bonds. The molecule has 2 rings (SSSR count). The first-order valence-electron chi connectivity index (χ1n) is 7.18. The van der Waals surface area contributed by atoms with Crippen molar-refractivity contribution in [2.24, 2.45) is 0 Å². The lowest BCUT2D eigenvalue weighted by Crippen LogP contribution is -2.16. The molecule has 7 nitrogen and oxygen atoms in total. The predicted molar refractivity (Wildman–Crippen MR) is 95.4 cm³/mol. The first-order valence-corrected chi connectivity index (χ1v) is 9.66. The van der Waals surface area contributed by atoms with E-state index in [-0.39, 0.29) is 22.4 Å². The summed E-state index contributed by atoms with van der Waals surface area (Å²) in [6.07, 6.45) is 0. The van der Waals surface area contributed by atoms with Crippen molar-refractivity contribution in [2.75, 3.05) is 12.4 Å². The summed E-state index contributed by atoms with van der Waals surface area (Å²) in [5.74, 6) is -1.69. The molecule has 0 fully saturated rings. The van der Waals surface area contributed by atoms with Crippen molar-refractivity contribution in [3.63, 3.8) is 0 Å². The maximum Gasteiger partial charge on any atom is 0.340 e. The molecule has 1 N–H and O–H groups in total. The van der Waals surface area contributed by atoms with Crippen molar-refractivity contribution in [1.29, 1.82) is 5.26 Å². The Labute approximate surface area is 154 Å². The molecule has 134 valence electrons. The van der Waals surface area contributed by atoms with E-state index in [9.17, 15) is 18.0 Å². The second-order valence-corrected chi connectivity index (χ2v) is 7.98. The van der Waals surface area contributed by atoms with Crippen LogP contribution in [0.3, 0.4) is 0 Å². The lowest BCUT2D eigenvalue weighted by molar-refractivity contribution is 0.0602. The van der Waals surface area contributed by atoms with Gasteiger partial charge in [0.25, 0.3) is 5.91 Å². The van der Waals surface area contributed by atoms with E-state index in [0.717, 1.165) is 0 Å². The van der Waals surface area contributed by atoms with Gasteiger partial charge in [-0.25, -0.2) is 13.2 Å². The van der Waals surface area contributed by atoms with E-state index in [1.165, 1.54) is 49.6 Å². The predicted octanol–water partition coefficient (Wildman–Crippen LogP) is 2.67. The summed E-state index contributed by atoms with van der Waals surface area (Å²) < 4.78 is 27.0. The molecular weight excluding hydrogens is 380 g/mol. The first-order chi connectivity index (χ1) is 12.2.